The van der Waals surface area contributed by atoms with Gasteiger partial charge in [0.15, 0.2) is 0 Å². The normalized spacial score (nSPS) is 13.8. The Kier molecular flexibility index (Phi) is 4.30. The van der Waals surface area contributed by atoms with E-state index in [1.807, 2.05) is 0 Å². The molecule has 0 aliphatic rings. The van der Waals surface area contributed by atoms with Crippen LogP contribution in [-0.2, 0) is 10.3 Å². The topological polar surface area (TPSA) is 83.8 Å². The van der Waals surface area contributed by atoms with Crippen LogP contribution >= 0.6 is 23.2 Å². The van der Waals surface area contributed by atoms with E-state index in [0.717, 1.165) is 5.39 Å². The van der Waals surface area contributed by atoms with Crippen molar-refractivity contribution in [3.8, 4) is 0 Å². The predicted molar refractivity (Wildman–Crippen MR) is 77.9 cm³/mol. The molecule has 8 heteroatoms. The average Bonchev–Trinajstić information content (AvgIpc) is 2.39. The number of pyridine rings is 2. The van der Waals surface area contributed by atoms with Gasteiger partial charge in [-0.15, -0.1) is 0 Å². The molecule has 2 aromatic rings. The van der Waals surface area contributed by atoms with Crippen molar-refractivity contribution in [3.05, 3.63) is 44.8 Å². The number of rotatable bonds is 4. The third kappa shape index (κ3) is 2.64. The lowest BCUT2D eigenvalue weighted by atomic mass is 9.91. The van der Waals surface area contributed by atoms with Crippen molar-refractivity contribution in [2.24, 2.45) is 5.11 Å². The van der Waals surface area contributed by atoms with Crippen molar-refractivity contribution in [2.45, 2.75) is 12.5 Å². The molecular weight excluding hydrogens is 301 g/mol. The molecule has 0 aliphatic carbocycles. The zero-order chi connectivity index (χ0) is 14.8. The van der Waals surface area contributed by atoms with Crippen LogP contribution in [0.2, 0.25) is 10.3 Å². The Morgan fingerprint density at radius 3 is 2.75 bits per heavy atom. The molecule has 0 saturated heterocycles. The number of fused-ring (bicyclic) bond motifs is 1. The third-order valence-electron chi connectivity index (χ3n) is 2.96. The largest absolute Gasteiger partial charge is 0.384 e. The van der Waals surface area contributed by atoms with Crippen LogP contribution in [0.15, 0.2) is 23.6 Å². The van der Waals surface area contributed by atoms with E-state index in [4.69, 9.17) is 33.5 Å². The van der Waals surface area contributed by atoms with Crippen molar-refractivity contribution in [1.82, 2.24) is 9.97 Å². The molecule has 2 aromatic heterocycles. The number of hydrogen-bond donors (Lipinski definition) is 0. The summed E-state index contributed by atoms with van der Waals surface area (Å²) in [6.07, 6.45) is 3.11. The highest BCUT2D eigenvalue weighted by Crippen LogP contribution is 2.34. The smallest absolute Gasteiger partial charge is 0.138 e. The van der Waals surface area contributed by atoms with E-state index < -0.39 is 5.54 Å². The quantitative estimate of drug-likeness (QED) is 0.368. The molecule has 0 bridgehead atoms. The number of hydrogen-bond acceptors (Lipinski definition) is 4. The van der Waals surface area contributed by atoms with Crippen LogP contribution in [0.3, 0.4) is 0 Å². The number of halogens is 2. The highest BCUT2D eigenvalue weighted by atomic mass is 35.5. The fourth-order valence-electron chi connectivity index (χ4n) is 2.05. The fourth-order valence-corrected chi connectivity index (χ4v) is 2.40. The van der Waals surface area contributed by atoms with Gasteiger partial charge >= 0.3 is 0 Å². The number of aromatic nitrogens is 2. The van der Waals surface area contributed by atoms with E-state index in [0.29, 0.717) is 21.3 Å². The summed E-state index contributed by atoms with van der Waals surface area (Å²) in [5.41, 5.74) is 8.56. The first-order valence-corrected chi connectivity index (χ1v) is 6.43. The first-order valence-electron chi connectivity index (χ1n) is 5.67. The van der Waals surface area contributed by atoms with Gasteiger partial charge in [0.1, 0.15) is 10.3 Å². The van der Waals surface area contributed by atoms with E-state index in [9.17, 15) is 0 Å². The standard InChI is InChI=1S/C12H11Cl2N5O/c1-12(6-20-2,18-19-15)9-5-17-11(14)8-4-16-10(13)3-7(8)9/h3-5H,6H2,1-2H3. The molecule has 2 rings (SSSR count). The van der Waals surface area contributed by atoms with Gasteiger partial charge in [-0.2, -0.15) is 0 Å². The maximum Gasteiger partial charge on any atom is 0.138 e. The Morgan fingerprint density at radius 2 is 2.10 bits per heavy atom. The van der Waals surface area contributed by atoms with Gasteiger partial charge < -0.3 is 4.74 Å². The van der Waals surface area contributed by atoms with E-state index in [1.165, 1.54) is 7.11 Å². The Balaban J connectivity index is 2.79. The molecular formula is C12H11Cl2N5O. The maximum atomic E-state index is 8.79. The van der Waals surface area contributed by atoms with Crippen molar-refractivity contribution < 1.29 is 4.74 Å². The summed E-state index contributed by atoms with van der Waals surface area (Å²) in [6.45, 7) is 1.96. The molecule has 1 unspecified atom stereocenters. The van der Waals surface area contributed by atoms with E-state index in [1.54, 1.807) is 25.4 Å². The van der Waals surface area contributed by atoms with E-state index >= 15 is 0 Å². The molecule has 0 radical (unpaired) electrons. The van der Waals surface area contributed by atoms with Crippen molar-refractivity contribution >= 4 is 34.0 Å². The van der Waals surface area contributed by atoms with Gasteiger partial charge in [0.25, 0.3) is 0 Å². The van der Waals surface area contributed by atoms with Crippen LogP contribution in [0, 0.1) is 0 Å². The number of methoxy groups -OCH3 is 1. The average molecular weight is 312 g/mol. The predicted octanol–water partition coefficient (Wildman–Crippen LogP) is 4.11. The Morgan fingerprint density at radius 1 is 1.35 bits per heavy atom. The van der Waals surface area contributed by atoms with E-state index in [2.05, 4.69) is 20.0 Å². The molecule has 104 valence electrons. The third-order valence-corrected chi connectivity index (χ3v) is 3.47. The van der Waals surface area contributed by atoms with Crippen LogP contribution in [0.25, 0.3) is 21.2 Å². The monoisotopic (exact) mass is 311 g/mol. The summed E-state index contributed by atoms with van der Waals surface area (Å²) in [7, 11) is 1.53. The summed E-state index contributed by atoms with van der Waals surface area (Å²) in [5.74, 6) is 0. The second kappa shape index (κ2) is 5.81. The molecule has 6 nitrogen and oxygen atoms in total. The maximum absolute atomic E-state index is 8.79. The molecule has 2 heterocycles. The second-order valence-corrected chi connectivity index (χ2v) is 5.16. The Labute approximate surface area is 125 Å². The zero-order valence-electron chi connectivity index (χ0n) is 10.8. The minimum atomic E-state index is -0.913. The molecule has 0 N–H and O–H groups in total. The molecule has 1 atom stereocenters. The molecule has 0 saturated carbocycles. The molecule has 0 aliphatic heterocycles. The van der Waals surface area contributed by atoms with Crippen LogP contribution in [0.4, 0.5) is 0 Å². The summed E-state index contributed by atoms with van der Waals surface area (Å²) in [4.78, 5) is 11.0. The fraction of sp³-hybridized carbons (Fsp3) is 0.333. The highest BCUT2D eigenvalue weighted by Gasteiger charge is 2.28. The Hall–Kier alpha value is -1.59. The lowest BCUT2D eigenvalue weighted by Crippen LogP contribution is -2.25. The van der Waals surface area contributed by atoms with Crippen LogP contribution in [0.1, 0.15) is 12.5 Å². The second-order valence-electron chi connectivity index (χ2n) is 4.41. The first kappa shape index (κ1) is 14.8. The van der Waals surface area contributed by atoms with Crippen molar-refractivity contribution in [1.29, 1.82) is 0 Å². The molecule has 0 aromatic carbocycles. The van der Waals surface area contributed by atoms with Gasteiger partial charge in [-0.1, -0.05) is 28.3 Å². The SMILES string of the molecule is COCC(C)(N=[N+]=[N-])c1cnc(Cl)c2cnc(Cl)cc12. The molecule has 0 spiro atoms. The molecule has 20 heavy (non-hydrogen) atoms. The van der Waals surface area contributed by atoms with Gasteiger partial charge in [0.2, 0.25) is 0 Å². The Bertz CT molecular complexity index is 702. The lowest BCUT2D eigenvalue weighted by molar-refractivity contribution is 0.141. The highest BCUT2D eigenvalue weighted by molar-refractivity contribution is 6.35. The molecule has 0 amide bonds. The number of ether oxygens (including phenoxy) is 1. The van der Waals surface area contributed by atoms with E-state index in [-0.39, 0.29) is 6.61 Å². The van der Waals surface area contributed by atoms with Gasteiger partial charge in [-0.25, -0.2) is 9.97 Å². The van der Waals surface area contributed by atoms with Gasteiger partial charge in [0, 0.05) is 29.8 Å². The summed E-state index contributed by atoms with van der Waals surface area (Å²) >= 11 is 12.0. The number of nitrogens with zero attached hydrogens (tertiary/aromatic N) is 5. The van der Waals surface area contributed by atoms with Crippen molar-refractivity contribution in [3.63, 3.8) is 0 Å². The summed E-state index contributed by atoms with van der Waals surface area (Å²) in [5, 5.41) is 5.84. The van der Waals surface area contributed by atoms with Crippen molar-refractivity contribution in [2.75, 3.05) is 13.7 Å². The van der Waals surface area contributed by atoms with Crippen LogP contribution in [0.5, 0.6) is 0 Å². The summed E-state index contributed by atoms with van der Waals surface area (Å²) < 4.78 is 5.15. The zero-order valence-corrected chi connectivity index (χ0v) is 12.4. The van der Waals surface area contributed by atoms with Gasteiger partial charge in [-0.05, 0) is 29.5 Å². The minimum absolute atomic E-state index is 0.204. The minimum Gasteiger partial charge on any atom is -0.384 e. The first-order chi connectivity index (χ1) is 9.51. The number of azide groups is 1. The van der Waals surface area contributed by atoms with Gasteiger partial charge in [-0.3, -0.25) is 0 Å². The summed E-state index contributed by atoms with van der Waals surface area (Å²) in [6, 6.07) is 1.67. The van der Waals surface area contributed by atoms with Crippen LogP contribution < -0.4 is 0 Å². The van der Waals surface area contributed by atoms with Gasteiger partial charge in [0.05, 0.1) is 12.1 Å². The lowest BCUT2D eigenvalue weighted by Gasteiger charge is -2.24. The molecule has 0 fully saturated rings. The van der Waals surface area contributed by atoms with Crippen LogP contribution in [-0.4, -0.2) is 23.7 Å².